The molecule has 148 valence electrons. The van der Waals surface area contributed by atoms with Crippen molar-refractivity contribution in [3.05, 3.63) is 74.5 Å². The zero-order chi connectivity index (χ0) is 20.4. The molecule has 30 heavy (non-hydrogen) atoms. The van der Waals surface area contributed by atoms with Crippen LogP contribution in [0.25, 0.3) is 43.7 Å². The molecule has 5 aromatic rings. The second-order valence-electron chi connectivity index (χ2n) is 8.14. The zero-order valence-electron chi connectivity index (χ0n) is 16.6. The number of benzene rings is 4. The molecule has 5 heteroatoms. The molecule has 0 aliphatic carbocycles. The van der Waals surface area contributed by atoms with Crippen LogP contribution in [-0.4, -0.2) is 18.1 Å². The molecule has 0 radical (unpaired) electrons. The van der Waals surface area contributed by atoms with Crippen LogP contribution in [0.15, 0.2) is 62.5 Å². The molecule has 5 nitrogen and oxygen atoms in total. The summed E-state index contributed by atoms with van der Waals surface area (Å²) in [7, 11) is 0. The average Bonchev–Trinajstić information content (AvgIpc) is 3.30. The van der Waals surface area contributed by atoms with Crippen molar-refractivity contribution in [3.63, 3.8) is 0 Å². The van der Waals surface area contributed by atoms with E-state index in [0.29, 0.717) is 32.6 Å². The zero-order valence-corrected chi connectivity index (χ0v) is 16.6. The van der Waals surface area contributed by atoms with Crippen molar-refractivity contribution in [2.24, 2.45) is 0 Å². The summed E-state index contributed by atoms with van der Waals surface area (Å²) in [5.41, 5.74) is 4.36. The normalized spacial score (nSPS) is 14.5. The summed E-state index contributed by atoms with van der Waals surface area (Å²) >= 11 is 0. The third-order valence-corrected chi connectivity index (χ3v) is 6.20. The van der Waals surface area contributed by atoms with Crippen molar-refractivity contribution in [2.45, 2.75) is 19.8 Å². The molecule has 0 amide bonds. The second-order valence-corrected chi connectivity index (χ2v) is 8.14. The van der Waals surface area contributed by atoms with Crippen LogP contribution < -0.4 is 15.8 Å². The van der Waals surface area contributed by atoms with Crippen LogP contribution >= 0.6 is 0 Å². The molecule has 1 N–H and O–H groups in total. The molecule has 2 heterocycles. The Bertz CT molecular complexity index is 1600. The van der Waals surface area contributed by atoms with Crippen LogP contribution in [0.5, 0.6) is 0 Å². The third-order valence-electron chi connectivity index (χ3n) is 6.20. The molecular weight excluding hydrogens is 376 g/mol. The predicted molar refractivity (Wildman–Crippen MR) is 122 cm³/mol. The summed E-state index contributed by atoms with van der Waals surface area (Å²) in [4.78, 5) is 32.7. The predicted octanol–water partition coefficient (Wildman–Crippen LogP) is 4.85. The number of aromatic amines is 1. The quantitative estimate of drug-likeness (QED) is 0.325. The number of fused-ring (bicyclic) bond motifs is 5. The first-order valence-electron chi connectivity index (χ1n) is 10.3. The van der Waals surface area contributed by atoms with E-state index in [1.807, 2.05) is 37.3 Å². The standard InChI is InChI=1S/C25H20N2O3/c1-14-8-9-17-19(12-14)30-20-13-18(27-10-4-5-11-27)21-22(23(20)26-17)25(29)16-7-3-2-6-15(16)24(21)28/h2-3,6-9,12-13,26H,4-5,10-11H2,1H3. The maximum Gasteiger partial charge on any atom is 0.196 e. The van der Waals surface area contributed by atoms with Crippen molar-refractivity contribution >= 4 is 49.4 Å². The Morgan fingerprint density at radius 3 is 2.30 bits per heavy atom. The molecule has 0 saturated carbocycles. The highest BCUT2D eigenvalue weighted by Crippen LogP contribution is 2.34. The van der Waals surface area contributed by atoms with Crippen molar-refractivity contribution in [1.29, 1.82) is 0 Å². The van der Waals surface area contributed by atoms with Gasteiger partial charge < -0.3 is 14.3 Å². The van der Waals surface area contributed by atoms with E-state index in [1.54, 1.807) is 18.2 Å². The highest BCUT2D eigenvalue weighted by atomic mass is 16.3. The molecule has 6 rings (SSSR count). The second kappa shape index (κ2) is 6.20. The van der Waals surface area contributed by atoms with Crippen molar-refractivity contribution in [3.8, 4) is 0 Å². The van der Waals surface area contributed by atoms with Gasteiger partial charge in [-0.05, 0) is 37.5 Å². The Hall–Kier alpha value is -3.60. The lowest BCUT2D eigenvalue weighted by molar-refractivity contribution is 0.657. The molecule has 1 fully saturated rings. The van der Waals surface area contributed by atoms with Crippen LogP contribution in [-0.2, 0) is 0 Å². The first-order chi connectivity index (χ1) is 14.6. The number of hydrogen-bond acceptors (Lipinski definition) is 4. The van der Waals surface area contributed by atoms with Gasteiger partial charge in [-0.15, -0.1) is 0 Å². The number of aryl methyl sites for hydroxylation is 1. The maximum absolute atomic E-state index is 13.6. The SMILES string of the molecule is Cc1ccc2[nH]c3c(cc(N4CCCC4)c4c(=O)c5ccccc5c(=O)c43)oc2c1. The van der Waals surface area contributed by atoms with Crippen LogP contribution in [0, 0.1) is 6.92 Å². The number of anilines is 1. The summed E-state index contributed by atoms with van der Waals surface area (Å²) in [5.74, 6) is 0. The van der Waals surface area contributed by atoms with Gasteiger partial charge in [-0.3, -0.25) is 9.59 Å². The Balaban J connectivity index is 1.89. The highest BCUT2D eigenvalue weighted by molar-refractivity contribution is 6.15. The number of aromatic nitrogens is 1. The number of hydrogen-bond donors (Lipinski definition) is 1. The van der Waals surface area contributed by atoms with E-state index >= 15 is 0 Å². The summed E-state index contributed by atoms with van der Waals surface area (Å²) < 4.78 is 6.24. The fourth-order valence-corrected chi connectivity index (χ4v) is 4.73. The fraction of sp³-hybridized carbons (Fsp3) is 0.200. The average molecular weight is 396 g/mol. The summed E-state index contributed by atoms with van der Waals surface area (Å²) in [5, 5.41) is 1.84. The summed E-state index contributed by atoms with van der Waals surface area (Å²) in [6.07, 6.45) is 2.15. The molecule has 0 bridgehead atoms. The first kappa shape index (κ1) is 17.3. The minimum absolute atomic E-state index is 0.0959. The van der Waals surface area contributed by atoms with E-state index in [2.05, 4.69) is 9.88 Å². The van der Waals surface area contributed by atoms with Gasteiger partial charge >= 0.3 is 0 Å². The van der Waals surface area contributed by atoms with Crippen molar-refractivity contribution in [1.82, 2.24) is 4.98 Å². The van der Waals surface area contributed by atoms with Crippen LogP contribution in [0.2, 0.25) is 0 Å². The summed E-state index contributed by atoms with van der Waals surface area (Å²) in [6.45, 7) is 3.76. The lowest BCUT2D eigenvalue weighted by Gasteiger charge is -2.20. The van der Waals surface area contributed by atoms with Crippen LogP contribution in [0.3, 0.4) is 0 Å². The van der Waals surface area contributed by atoms with Gasteiger partial charge in [-0.2, -0.15) is 0 Å². The van der Waals surface area contributed by atoms with E-state index in [1.165, 1.54) is 0 Å². The summed E-state index contributed by atoms with van der Waals surface area (Å²) in [6, 6.07) is 14.9. The van der Waals surface area contributed by atoms with E-state index in [-0.39, 0.29) is 10.9 Å². The van der Waals surface area contributed by atoms with Gasteiger partial charge in [0.15, 0.2) is 22.0 Å². The maximum atomic E-state index is 13.6. The molecule has 1 saturated heterocycles. The Morgan fingerprint density at radius 1 is 0.867 bits per heavy atom. The largest absolute Gasteiger partial charge is 0.453 e. The van der Waals surface area contributed by atoms with Crippen LogP contribution in [0.4, 0.5) is 5.69 Å². The van der Waals surface area contributed by atoms with Gasteiger partial charge in [0.1, 0.15) is 0 Å². The highest BCUT2D eigenvalue weighted by Gasteiger charge is 2.23. The molecular formula is C25H20N2O3. The minimum Gasteiger partial charge on any atom is -0.453 e. The van der Waals surface area contributed by atoms with Gasteiger partial charge in [0, 0.05) is 29.9 Å². The Kier molecular flexibility index (Phi) is 3.57. The van der Waals surface area contributed by atoms with E-state index in [9.17, 15) is 9.59 Å². The number of nitrogens with one attached hydrogen (secondary N) is 1. The van der Waals surface area contributed by atoms with Crippen molar-refractivity contribution in [2.75, 3.05) is 18.0 Å². The van der Waals surface area contributed by atoms with Gasteiger partial charge in [0.2, 0.25) is 0 Å². The Labute approximate surface area is 171 Å². The number of H-pyrrole nitrogens is 1. The third kappa shape index (κ3) is 2.35. The lowest BCUT2D eigenvalue weighted by Crippen LogP contribution is -2.22. The Morgan fingerprint density at radius 2 is 1.57 bits per heavy atom. The molecule has 1 aromatic heterocycles. The number of nitrogens with zero attached hydrogens (tertiary/aromatic N) is 1. The van der Waals surface area contributed by atoms with Gasteiger partial charge in [-0.1, -0.05) is 30.3 Å². The molecule has 0 spiro atoms. The smallest absolute Gasteiger partial charge is 0.196 e. The van der Waals surface area contributed by atoms with E-state index in [0.717, 1.165) is 48.3 Å². The lowest BCUT2D eigenvalue weighted by atomic mass is 9.99. The van der Waals surface area contributed by atoms with E-state index in [4.69, 9.17) is 4.42 Å². The monoisotopic (exact) mass is 396 g/mol. The minimum atomic E-state index is -0.135. The molecule has 4 aromatic carbocycles. The van der Waals surface area contributed by atoms with Gasteiger partial charge in [0.25, 0.3) is 0 Å². The molecule has 0 unspecified atom stereocenters. The van der Waals surface area contributed by atoms with E-state index < -0.39 is 0 Å². The van der Waals surface area contributed by atoms with Crippen molar-refractivity contribution < 1.29 is 4.42 Å². The topological polar surface area (TPSA) is 66.3 Å². The van der Waals surface area contributed by atoms with Crippen LogP contribution in [0.1, 0.15) is 18.4 Å². The van der Waals surface area contributed by atoms with Gasteiger partial charge in [0.05, 0.1) is 27.5 Å². The number of rotatable bonds is 1. The molecule has 1 aliphatic rings. The first-order valence-corrected chi connectivity index (χ1v) is 10.3. The fourth-order valence-electron chi connectivity index (χ4n) is 4.73. The molecule has 1 aliphatic heterocycles. The van der Waals surface area contributed by atoms with Gasteiger partial charge in [-0.25, -0.2) is 0 Å². The molecule has 0 atom stereocenters.